The second-order valence-electron chi connectivity index (χ2n) is 7.12. The Balaban J connectivity index is 2.23. The van der Waals surface area contributed by atoms with Gasteiger partial charge in [-0.25, -0.2) is 0 Å². The van der Waals surface area contributed by atoms with Gasteiger partial charge in [-0.3, -0.25) is 4.68 Å². The Bertz CT molecular complexity index is 443. The number of nitrogens with two attached hydrogens (primary N) is 1. The quantitative estimate of drug-likeness (QED) is 0.870. The monoisotopic (exact) mass is 293 g/mol. The van der Waals surface area contributed by atoms with E-state index in [1.807, 2.05) is 10.9 Å². The highest BCUT2D eigenvalue weighted by Gasteiger charge is 2.44. The average molecular weight is 293 g/mol. The Labute approximate surface area is 129 Å². The van der Waals surface area contributed by atoms with Gasteiger partial charge in [0.1, 0.15) is 0 Å². The molecule has 0 spiro atoms. The van der Waals surface area contributed by atoms with Gasteiger partial charge in [-0.05, 0) is 50.5 Å². The van der Waals surface area contributed by atoms with E-state index < -0.39 is 0 Å². The molecule has 0 radical (unpaired) electrons. The summed E-state index contributed by atoms with van der Waals surface area (Å²) in [5, 5.41) is 4.42. The number of aryl methyl sites for hydroxylation is 1. The molecule has 4 nitrogen and oxygen atoms in total. The zero-order chi connectivity index (χ0) is 15.5. The second-order valence-corrected chi connectivity index (χ2v) is 7.12. The van der Waals surface area contributed by atoms with Crippen LogP contribution in [0.1, 0.15) is 71.5 Å². The predicted molar refractivity (Wildman–Crippen MR) is 86.1 cm³/mol. The summed E-state index contributed by atoms with van der Waals surface area (Å²) in [6, 6.07) is 1.96. The molecule has 0 aliphatic heterocycles. The van der Waals surface area contributed by atoms with Crippen molar-refractivity contribution in [1.82, 2.24) is 9.78 Å². The lowest BCUT2D eigenvalue weighted by Crippen LogP contribution is -2.48. The van der Waals surface area contributed by atoms with Crippen LogP contribution in [0.3, 0.4) is 0 Å². The molecule has 1 aromatic rings. The number of ether oxygens (including phenoxy) is 1. The number of rotatable bonds is 6. The van der Waals surface area contributed by atoms with Crippen molar-refractivity contribution in [1.29, 1.82) is 0 Å². The molecule has 2 N–H and O–H groups in total. The summed E-state index contributed by atoms with van der Waals surface area (Å²) >= 11 is 0. The molecule has 1 aromatic heterocycles. The summed E-state index contributed by atoms with van der Waals surface area (Å²) in [4.78, 5) is 0. The molecule has 1 fully saturated rings. The third-order valence-electron chi connectivity index (χ3n) is 4.95. The second kappa shape index (κ2) is 6.49. The highest BCUT2D eigenvalue weighted by Crippen LogP contribution is 2.46. The molecule has 0 amide bonds. The maximum atomic E-state index is 6.67. The summed E-state index contributed by atoms with van der Waals surface area (Å²) in [7, 11) is 0. The van der Waals surface area contributed by atoms with Gasteiger partial charge in [0.25, 0.3) is 0 Å². The van der Waals surface area contributed by atoms with Crippen molar-refractivity contribution in [2.75, 3.05) is 6.61 Å². The van der Waals surface area contributed by atoms with Crippen LogP contribution in [-0.2, 0) is 11.3 Å². The summed E-state index contributed by atoms with van der Waals surface area (Å²) in [5.41, 5.74) is 7.97. The van der Waals surface area contributed by atoms with Gasteiger partial charge in [-0.15, -0.1) is 0 Å². The van der Waals surface area contributed by atoms with Crippen molar-refractivity contribution >= 4 is 0 Å². The minimum Gasteiger partial charge on any atom is -0.373 e. The van der Waals surface area contributed by atoms with E-state index in [9.17, 15) is 0 Å². The fourth-order valence-corrected chi connectivity index (χ4v) is 3.46. The maximum absolute atomic E-state index is 6.67. The van der Waals surface area contributed by atoms with E-state index >= 15 is 0 Å². The van der Waals surface area contributed by atoms with Crippen molar-refractivity contribution in [3.63, 3.8) is 0 Å². The summed E-state index contributed by atoms with van der Waals surface area (Å²) in [6.45, 7) is 10.6. The van der Waals surface area contributed by atoms with Gasteiger partial charge in [0, 0.05) is 19.3 Å². The van der Waals surface area contributed by atoms with Gasteiger partial charge in [0.05, 0.1) is 17.3 Å². The first kappa shape index (κ1) is 16.5. The molecule has 1 saturated carbocycles. The topological polar surface area (TPSA) is 53.1 Å². The molecule has 1 atom stereocenters. The van der Waals surface area contributed by atoms with Crippen molar-refractivity contribution in [2.24, 2.45) is 11.1 Å². The Morgan fingerprint density at radius 3 is 2.52 bits per heavy atom. The van der Waals surface area contributed by atoms with E-state index in [2.05, 4.69) is 38.9 Å². The molecule has 1 heterocycles. The molecule has 21 heavy (non-hydrogen) atoms. The molecule has 2 rings (SSSR count). The number of nitrogens with zero attached hydrogens (tertiary/aromatic N) is 2. The first-order valence-electron chi connectivity index (χ1n) is 8.35. The lowest BCUT2D eigenvalue weighted by Gasteiger charge is -2.46. The SMILES string of the molecule is CCCn1nccc1C(N)C1(OCC)CCC(C)(C)CC1. The molecule has 1 aliphatic rings. The van der Waals surface area contributed by atoms with Gasteiger partial charge < -0.3 is 10.5 Å². The Kier molecular flexibility index (Phi) is 5.10. The zero-order valence-electron chi connectivity index (χ0n) is 14.1. The normalized spacial score (nSPS) is 22.1. The summed E-state index contributed by atoms with van der Waals surface area (Å²) in [5.74, 6) is 0. The lowest BCUT2D eigenvalue weighted by molar-refractivity contribution is -0.101. The molecule has 0 aromatic carbocycles. The molecule has 0 bridgehead atoms. The van der Waals surface area contributed by atoms with Gasteiger partial charge in [0.15, 0.2) is 0 Å². The van der Waals surface area contributed by atoms with Gasteiger partial charge in [-0.1, -0.05) is 20.8 Å². The summed E-state index contributed by atoms with van der Waals surface area (Å²) in [6.07, 6.45) is 7.33. The number of hydrogen-bond acceptors (Lipinski definition) is 3. The fourth-order valence-electron chi connectivity index (χ4n) is 3.46. The van der Waals surface area contributed by atoms with Crippen LogP contribution in [-0.4, -0.2) is 22.0 Å². The van der Waals surface area contributed by atoms with Crippen LogP contribution < -0.4 is 5.73 Å². The maximum Gasteiger partial charge on any atom is 0.0889 e. The Morgan fingerprint density at radius 1 is 1.29 bits per heavy atom. The Morgan fingerprint density at radius 2 is 1.95 bits per heavy atom. The zero-order valence-corrected chi connectivity index (χ0v) is 14.1. The van der Waals surface area contributed by atoms with Crippen LogP contribution in [0, 0.1) is 5.41 Å². The van der Waals surface area contributed by atoms with E-state index in [0.717, 1.165) is 38.1 Å². The van der Waals surface area contributed by atoms with Crippen LogP contribution in [0.4, 0.5) is 0 Å². The van der Waals surface area contributed by atoms with Gasteiger partial charge in [0.2, 0.25) is 0 Å². The first-order valence-corrected chi connectivity index (χ1v) is 8.35. The van der Waals surface area contributed by atoms with E-state index in [1.165, 1.54) is 12.8 Å². The third kappa shape index (κ3) is 3.49. The molecule has 4 heteroatoms. The Hall–Kier alpha value is -0.870. The molecule has 120 valence electrons. The predicted octanol–water partition coefficient (Wildman–Crippen LogP) is 3.67. The highest BCUT2D eigenvalue weighted by molar-refractivity contribution is 5.14. The molecular weight excluding hydrogens is 262 g/mol. The van der Waals surface area contributed by atoms with Crippen molar-refractivity contribution in [2.45, 2.75) is 78.0 Å². The van der Waals surface area contributed by atoms with Crippen LogP contribution >= 0.6 is 0 Å². The highest BCUT2D eigenvalue weighted by atomic mass is 16.5. The fraction of sp³-hybridized carbons (Fsp3) is 0.824. The smallest absolute Gasteiger partial charge is 0.0889 e. The first-order chi connectivity index (χ1) is 9.94. The van der Waals surface area contributed by atoms with Crippen molar-refractivity contribution in [3.8, 4) is 0 Å². The molecular formula is C17H31N3O. The molecule has 1 aliphatic carbocycles. The number of aromatic nitrogens is 2. The molecule has 0 saturated heterocycles. The van der Waals surface area contributed by atoms with Crippen molar-refractivity contribution in [3.05, 3.63) is 18.0 Å². The van der Waals surface area contributed by atoms with Crippen LogP contribution in [0.5, 0.6) is 0 Å². The summed E-state index contributed by atoms with van der Waals surface area (Å²) < 4.78 is 8.26. The van der Waals surface area contributed by atoms with Gasteiger partial charge in [-0.2, -0.15) is 5.10 Å². The number of hydrogen-bond donors (Lipinski definition) is 1. The van der Waals surface area contributed by atoms with E-state index in [0.29, 0.717) is 5.41 Å². The standard InChI is InChI=1S/C17H31N3O/c1-5-13-20-14(7-12-19-20)15(18)17(21-6-2)10-8-16(3,4)9-11-17/h7,12,15H,5-6,8-11,13,18H2,1-4H3. The largest absolute Gasteiger partial charge is 0.373 e. The average Bonchev–Trinajstić information content (AvgIpc) is 2.89. The van der Waals surface area contributed by atoms with Crippen LogP contribution in [0.2, 0.25) is 0 Å². The van der Waals surface area contributed by atoms with Crippen LogP contribution in [0.15, 0.2) is 12.3 Å². The van der Waals surface area contributed by atoms with Crippen LogP contribution in [0.25, 0.3) is 0 Å². The van der Waals surface area contributed by atoms with E-state index in [4.69, 9.17) is 10.5 Å². The van der Waals surface area contributed by atoms with Gasteiger partial charge >= 0.3 is 0 Å². The lowest BCUT2D eigenvalue weighted by atomic mass is 9.68. The molecule has 1 unspecified atom stereocenters. The van der Waals surface area contributed by atoms with E-state index in [1.54, 1.807) is 0 Å². The minimum atomic E-state index is -0.226. The van der Waals surface area contributed by atoms with E-state index in [-0.39, 0.29) is 11.6 Å². The minimum absolute atomic E-state index is 0.0948. The third-order valence-corrected chi connectivity index (χ3v) is 4.95. The van der Waals surface area contributed by atoms with Crippen molar-refractivity contribution < 1.29 is 4.74 Å².